The molecule has 0 bridgehead atoms. The van der Waals surface area contributed by atoms with E-state index in [0.29, 0.717) is 47.9 Å². The van der Waals surface area contributed by atoms with Crippen molar-refractivity contribution < 1.29 is 9.32 Å². The second-order valence-electron chi connectivity index (χ2n) is 8.28. The molecule has 5 rings (SSSR count). The van der Waals surface area contributed by atoms with Gasteiger partial charge in [0.05, 0.1) is 18.5 Å². The minimum absolute atomic E-state index is 0.0718. The highest BCUT2D eigenvalue weighted by Crippen LogP contribution is 2.28. The molecule has 2 aliphatic heterocycles. The van der Waals surface area contributed by atoms with Crippen LogP contribution in [-0.2, 0) is 11.3 Å². The molecule has 0 radical (unpaired) electrons. The molecule has 2 fully saturated rings. The quantitative estimate of drug-likeness (QED) is 0.572. The van der Waals surface area contributed by atoms with E-state index in [0.717, 1.165) is 24.2 Å². The van der Waals surface area contributed by atoms with Crippen LogP contribution in [0.15, 0.2) is 53.1 Å². The number of hydrogen-bond acceptors (Lipinski definition) is 7. The van der Waals surface area contributed by atoms with Crippen LogP contribution in [0, 0.1) is 5.92 Å². The van der Waals surface area contributed by atoms with Crippen molar-refractivity contribution in [3.05, 3.63) is 70.0 Å². The number of halogens is 2. The lowest BCUT2D eigenvalue weighted by molar-refractivity contribution is -0.137. The van der Waals surface area contributed by atoms with Crippen LogP contribution in [0.25, 0.3) is 11.4 Å². The zero-order valence-corrected chi connectivity index (χ0v) is 19.4. The number of nitrogens with one attached hydrogen (secondary N) is 2. The number of rotatable bonds is 5. The Bertz CT molecular complexity index is 1100. The smallest absolute Gasteiger partial charge is 0.241 e. The zero-order chi connectivity index (χ0) is 22.8. The predicted molar refractivity (Wildman–Crippen MR) is 125 cm³/mol. The summed E-state index contributed by atoms with van der Waals surface area (Å²) in [6.07, 6.45) is 0. The van der Waals surface area contributed by atoms with E-state index in [2.05, 4.69) is 25.9 Å². The fourth-order valence-corrected chi connectivity index (χ4v) is 4.55. The Labute approximate surface area is 201 Å². The summed E-state index contributed by atoms with van der Waals surface area (Å²) in [6.45, 7) is 4.00. The highest BCUT2D eigenvalue weighted by molar-refractivity contribution is 6.30. The van der Waals surface area contributed by atoms with E-state index in [-0.39, 0.29) is 17.9 Å². The van der Waals surface area contributed by atoms with Crippen LogP contribution in [0.4, 0.5) is 0 Å². The van der Waals surface area contributed by atoms with Crippen molar-refractivity contribution in [2.24, 2.45) is 5.92 Å². The summed E-state index contributed by atoms with van der Waals surface area (Å²) in [4.78, 5) is 21.9. The highest BCUT2D eigenvalue weighted by Gasteiger charge is 2.37. The summed E-state index contributed by atoms with van der Waals surface area (Å²) in [5.41, 5.74) is 8.29. The summed E-state index contributed by atoms with van der Waals surface area (Å²) >= 11 is 12.0. The van der Waals surface area contributed by atoms with Gasteiger partial charge in [-0.15, -0.1) is 0 Å². The maximum Gasteiger partial charge on any atom is 0.241 e. The fourth-order valence-electron chi connectivity index (χ4n) is 4.30. The lowest BCUT2D eigenvalue weighted by Crippen LogP contribution is -2.50. The van der Waals surface area contributed by atoms with E-state index in [4.69, 9.17) is 27.7 Å². The minimum atomic E-state index is -0.157. The number of hydrogen-bond donors (Lipinski definition) is 2. The first-order chi connectivity index (χ1) is 16.1. The van der Waals surface area contributed by atoms with Gasteiger partial charge in [0.2, 0.25) is 17.6 Å². The highest BCUT2D eigenvalue weighted by atomic mass is 35.5. The first-order valence-corrected chi connectivity index (χ1v) is 11.7. The Balaban J connectivity index is 1.16. The molecule has 2 N–H and O–H groups in total. The average molecular weight is 487 g/mol. The van der Waals surface area contributed by atoms with Gasteiger partial charge in [0.1, 0.15) is 0 Å². The van der Waals surface area contributed by atoms with Crippen LogP contribution < -0.4 is 10.9 Å². The molecule has 1 aromatic heterocycles. The van der Waals surface area contributed by atoms with Crippen molar-refractivity contribution in [2.75, 3.05) is 32.7 Å². The van der Waals surface area contributed by atoms with Crippen molar-refractivity contribution in [2.45, 2.75) is 12.6 Å². The summed E-state index contributed by atoms with van der Waals surface area (Å²) in [5.74, 6) is 1.11. The molecule has 2 aromatic carbocycles. The molecule has 3 heterocycles. The van der Waals surface area contributed by atoms with E-state index in [1.165, 1.54) is 0 Å². The van der Waals surface area contributed by atoms with Crippen molar-refractivity contribution >= 4 is 29.1 Å². The molecule has 33 heavy (non-hydrogen) atoms. The lowest BCUT2D eigenvalue weighted by atomic mass is 9.93. The summed E-state index contributed by atoms with van der Waals surface area (Å²) < 4.78 is 5.44. The van der Waals surface area contributed by atoms with Gasteiger partial charge in [-0.3, -0.25) is 15.1 Å². The molecule has 2 atom stereocenters. The molecule has 0 spiro atoms. The Morgan fingerprint density at radius 1 is 1.00 bits per heavy atom. The maximum absolute atomic E-state index is 13.3. The van der Waals surface area contributed by atoms with Gasteiger partial charge < -0.3 is 9.42 Å². The number of carbonyl (C=O) groups excluding carboxylic acids is 1. The number of carbonyl (C=O) groups is 1. The van der Waals surface area contributed by atoms with E-state index in [1.807, 2.05) is 41.3 Å². The van der Waals surface area contributed by atoms with Gasteiger partial charge in [-0.2, -0.15) is 4.98 Å². The number of hydrazine groups is 1. The van der Waals surface area contributed by atoms with Gasteiger partial charge >= 0.3 is 0 Å². The third-order valence-corrected chi connectivity index (χ3v) is 6.65. The number of benzene rings is 2. The molecule has 8 nitrogen and oxygen atoms in total. The Morgan fingerprint density at radius 3 is 2.36 bits per heavy atom. The van der Waals surface area contributed by atoms with Crippen molar-refractivity contribution in [3.8, 4) is 11.4 Å². The van der Waals surface area contributed by atoms with Crippen LogP contribution in [0.2, 0.25) is 10.0 Å². The molecular weight excluding hydrogens is 463 g/mol. The number of piperazine rings is 1. The van der Waals surface area contributed by atoms with Gasteiger partial charge in [-0.05, 0) is 42.0 Å². The fraction of sp³-hybridized carbons (Fsp3) is 0.348. The summed E-state index contributed by atoms with van der Waals surface area (Å²) in [7, 11) is 0. The molecule has 3 aromatic rings. The van der Waals surface area contributed by atoms with E-state index < -0.39 is 0 Å². The SMILES string of the molecule is O=C(C1CNNC1c1ccc(Cl)cc1)N1CCN(Cc2nc(-c3ccc(Cl)cc3)no2)CC1. The lowest BCUT2D eigenvalue weighted by Gasteiger charge is -2.36. The normalized spacial score (nSPS) is 21.5. The number of nitrogens with zero attached hydrogens (tertiary/aromatic N) is 4. The van der Waals surface area contributed by atoms with Crippen LogP contribution in [0.5, 0.6) is 0 Å². The molecule has 2 saturated heterocycles. The third kappa shape index (κ3) is 5.05. The van der Waals surface area contributed by atoms with E-state index in [1.54, 1.807) is 12.1 Å². The molecule has 2 aliphatic rings. The molecule has 2 unspecified atom stereocenters. The zero-order valence-electron chi connectivity index (χ0n) is 17.9. The molecule has 0 aliphatic carbocycles. The molecule has 172 valence electrons. The summed E-state index contributed by atoms with van der Waals surface area (Å²) in [6, 6.07) is 14.9. The van der Waals surface area contributed by atoms with Gasteiger partial charge in [-0.25, -0.2) is 5.43 Å². The van der Waals surface area contributed by atoms with E-state index >= 15 is 0 Å². The monoisotopic (exact) mass is 486 g/mol. The van der Waals surface area contributed by atoms with Gasteiger partial charge in [0.25, 0.3) is 0 Å². The molecule has 10 heteroatoms. The van der Waals surface area contributed by atoms with Crippen LogP contribution >= 0.6 is 23.2 Å². The minimum Gasteiger partial charge on any atom is -0.340 e. The molecule has 0 saturated carbocycles. The second kappa shape index (κ2) is 9.79. The van der Waals surface area contributed by atoms with E-state index in [9.17, 15) is 4.79 Å². The first-order valence-electron chi connectivity index (χ1n) is 10.9. The van der Waals surface area contributed by atoms with Crippen LogP contribution in [-0.4, -0.2) is 58.6 Å². The topological polar surface area (TPSA) is 86.5 Å². The standard InChI is InChI=1S/C23H24Cl2N6O2/c24-17-5-1-15(2-6-17)21-19(13-26-28-21)23(32)31-11-9-30(10-12-31)14-20-27-22(29-33-20)16-3-7-18(25)8-4-16/h1-8,19,21,26,28H,9-14H2. The third-order valence-electron chi connectivity index (χ3n) is 6.14. The van der Waals surface area contributed by atoms with Gasteiger partial charge in [0.15, 0.2) is 0 Å². The molecular formula is C23H24Cl2N6O2. The van der Waals surface area contributed by atoms with Gasteiger partial charge in [-0.1, -0.05) is 40.5 Å². The average Bonchev–Trinajstić information content (AvgIpc) is 3.50. The summed E-state index contributed by atoms with van der Waals surface area (Å²) in [5, 5.41) is 5.43. The Kier molecular flexibility index (Phi) is 6.62. The van der Waals surface area contributed by atoms with Gasteiger partial charge in [0, 0.05) is 48.3 Å². The molecule has 1 amide bonds. The van der Waals surface area contributed by atoms with Crippen molar-refractivity contribution in [1.29, 1.82) is 0 Å². The van der Waals surface area contributed by atoms with Crippen LogP contribution in [0.1, 0.15) is 17.5 Å². The predicted octanol–water partition coefficient (Wildman–Crippen LogP) is 3.15. The number of amides is 1. The number of aromatic nitrogens is 2. The van der Waals surface area contributed by atoms with Crippen LogP contribution in [0.3, 0.4) is 0 Å². The largest absolute Gasteiger partial charge is 0.340 e. The first kappa shape index (κ1) is 22.3. The van der Waals surface area contributed by atoms with Crippen molar-refractivity contribution in [3.63, 3.8) is 0 Å². The maximum atomic E-state index is 13.3. The second-order valence-corrected chi connectivity index (χ2v) is 9.15. The Hall–Kier alpha value is -2.49. The Morgan fingerprint density at radius 2 is 1.67 bits per heavy atom. The van der Waals surface area contributed by atoms with Crippen molar-refractivity contribution in [1.82, 2.24) is 30.8 Å².